The molecule has 4 nitrogen and oxygen atoms in total. The van der Waals surface area contributed by atoms with Crippen LogP contribution >= 0.6 is 39.7 Å². The minimum absolute atomic E-state index is 0.134. The molecular weight excluding hydrogens is 436 g/mol. The van der Waals surface area contributed by atoms with E-state index in [1.54, 1.807) is 12.1 Å². The minimum atomic E-state index is -0.343. The van der Waals surface area contributed by atoms with Gasteiger partial charge in [-0.2, -0.15) is 0 Å². The second-order valence-electron chi connectivity index (χ2n) is 6.06. The number of nitrogens with one attached hydrogen (secondary N) is 2. The maximum atomic E-state index is 12.1. The van der Waals surface area contributed by atoms with Crippen LogP contribution < -0.4 is 15.4 Å². The number of rotatable bonds is 5. The first-order chi connectivity index (χ1) is 12.3. The predicted octanol–water partition coefficient (Wildman–Crippen LogP) is 5.43. The van der Waals surface area contributed by atoms with Crippen molar-refractivity contribution in [1.82, 2.24) is 5.32 Å². The number of ether oxygens (including phenoxy) is 1. The van der Waals surface area contributed by atoms with Gasteiger partial charge in [0.2, 0.25) is 0 Å². The fraction of sp³-hybridized carbons (Fsp3) is 0.263. The van der Waals surface area contributed by atoms with Crippen molar-refractivity contribution in [2.75, 3.05) is 11.9 Å². The van der Waals surface area contributed by atoms with E-state index >= 15 is 0 Å². The van der Waals surface area contributed by atoms with Gasteiger partial charge in [-0.3, -0.25) is 10.1 Å². The van der Waals surface area contributed by atoms with Crippen LogP contribution in [0.5, 0.6) is 5.75 Å². The molecule has 0 aliphatic rings. The van der Waals surface area contributed by atoms with E-state index in [4.69, 9.17) is 28.6 Å². The van der Waals surface area contributed by atoms with Gasteiger partial charge >= 0.3 is 0 Å². The molecule has 0 atom stereocenters. The van der Waals surface area contributed by atoms with E-state index in [1.807, 2.05) is 31.2 Å². The molecule has 0 fully saturated rings. The van der Waals surface area contributed by atoms with Gasteiger partial charge in [0.05, 0.1) is 10.7 Å². The monoisotopic (exact) mass is 454 g/mol. The molecule has 0 aromatic heterocycles. The third kappa shape index (κ3) is 5.69. The average molecular weight is 456 g/mol. The summed E-state index contributed by atoms with van der Waals surface area (Å²) in [6, 6.07) is 11.1. The highest BCUT2D eigenvalue weighted by Crippen LogP contribution is 2.32. The lowest BCUT2D eigenvalue weighted by molar-refractivity contribution is -0.121. The van der Waals surface area contributed by atoms with Crippen molar-refractivity contribution in [3.05, 3.63) is 57.0 Å². The Labute approximate surface area is 172 Å². The van der Waals surface area contributed by atoms with Crippen LogP contribution in [0.2, 0.25) is 5.02 Å². The van der Waals surface area contributed by atoms with Gasteiger partial charge in [0.25, 0.3) is 5.91 Å². The van der Waals surface area contributed by atoms with E-state index in [0.29, 0.717) is 16.5 Å². The molecule has 2 aromatic rings. The predicted molar refractivity (Wildman–Crippen MR) is 114 cm³/mol. The maximum Gasteiger partial charge on any atom is 0.264 e. The van der Waals surface area contributed by atoms with Gasteiger partial charge in [0.15, 0.2) is 11.7 Å². The number of hydrogen-bond acceptors (Lipinski definition) is 3. The van der Waals surface area contributed by atoms with Gasteiger partial charge in [-0.1, -0.05) is 53.5 Å². The number of thiocarbonyl (C=S) groups is 1. The Bertz CT molecular complexity index is 827. The quantitative estimate of drug-likeness (QED) is 0.591. The topological polar surface area (TPSA) is 50.4 Å². The molecular formula is C19H20BrClN2O2S. The lowest BCUT2D eigenvalue weighted by atomic mass is 10.0. The Hall–Kier alpha value is -1.63. The number of benzene rings is 2. The Balaban J connectivity index is 1.96. The van der Waals surface area contributed by atoms with Crippen molar-refractivity contribution < 1.29 is 9.53 Å². The summed E-state index contributed by atoms with van der Waals surface area (Å²) in [6.07, 6.45) is 0. The van der Waals surface area contributed by atoms with Gasteiger partial charge in [-0.25, -0.2) is 0 Å². The van der Waals surface area contributed by atoms with Crippen LogP contribution in [0.15, 0.2) is 40.9 Å². The molecule has 26 heavy (non-hydrogen) atoms. The molecule has 2 N–H and O–H groups in total. The van der Waals surface area contributed by atoms with Crippen molar-refractivity contribution in [3.63, 3.8) is 0 Å². The highest BCUT2D eigenvalue weighted by atomic mass is 79.9. The van der Waals surface area contributed by atoms with Crippen LogP contribution in [0.25, 0.3) is 0 Å². The largest absolute Gasteiger partial charge is 0.483 e. The normalized spacial score (nSPS) is 10.5. The fourth-order valence-corrected chi connectivity index (χ4v) is 3.04. The van der Waals surface area contributed by atoms with E-state index in [9.17, 15) is 4.79 Å². The number of para-hydroxylation sites is 1. The Kier molecular flexibility index (Phi) is 7.43. The number of carbonyl (C=O) groups is 1. The number of carbonyl (C=O) groups excluding carboxylic acids is 1. The van der Waals surface area contributed by atoms with Crippen LogP contribution in [0.4, 0.5) is 5.69 Å². The van der Waals surface area contributed by atoms with Crippen LogP contribution in [-0.4, -0.2) is 17.6 Å². The number of amides is 1. The van der Waals surface area contributed by atoms with E-state index in [-0.39, 0.29) is 23.5 Å². The van der Waals surface area contributed by atoms with Gasteiger partial charge < -0.3 is 10.1 Å². The van der Waals surface area contributed by atoms with E-state index in [0.717, 1.165) is 15.6 Å². The lowest BCUT2D eigenvalue weighted by Crippen LogP contribution is -2.37. The zero-order valence-corrected chi connectivity index (χ0v) is 17.9. The molecule has 2 aromatic carbocycles. The zero-order chi connectivity index (χ0) is 19.3. The van der Waals surface area contributed by atoms with Crippen molar-refractivity contribution >= 4 is 56.5 Å². The molecule has 0 unspecified atom stereocenters. The Morgan fingerprint density at radius 3 is 2.65 bits per heavy atom. The number of hydrogen-bond donors (Lipinski definition) is 2. The molecule has 138 valence electrons. The molecule has 0 saturated heterocycles. The van der Waals surface area contributed by atoms with Crippen molar-refractivity contribution in [2.24, 2.45) is 0 Å². The summed E-state index contributed by atoms with van der Waals surface area (Å²) in [4.78, 5) is 12.1. The summed E-state index contributed by atoms with van der Waals surface area (Å²) in [5.74, 6) is 0.624. The first-order valence-corrected chi connectivity index (χ1v) is 9.64. The molecule has 0 bridgehead atoms. The first kappa shape index (κ1) is 20.7. The summed E-state index contributed by atoms with van der Waals surface area (Å²) in [7, 11) is 0. The second kappa shape index (κ2) is 9.35. The van der Waals surface area contributed by atoms with E-state index in [1.165, 1.54) is 0 Å². The highest BCUT2D eigenvalue weighted by molar-refractivity contribution is 9.10. The SMILES string of the molecule is Cc1cc(OCC(=O)NC(=S)Nc2ccccc2Cl)c(C(C)C)cc1Br. The molecule has 0 aliphatic carbocycles. The molecule has 0 radical (unpaired) electrons. The summed E-state index contributed by atoms with van der Waals surface area (Å²) in [6.45, 7) is 5.99. The summed E-state index contributed by atoms with van der Waals surface area (Å²) >= 11 is 14.7. The van der Waals surface area contributed by atoms with Crippen LogP contribution in [0.1, 0.15) is 30.9 Å². The molecule has 0 saturated carbocycles. The zero-order valence-electron chi connectivity index (χ0n) is 14.7. The fourth-order valence-electron chi connectivity index (χ4n) is 2.27. The van der Waals surface area contributed by atoms with E-state index in [2.05, 4.69) is 40.4 Å². The van der Waals surface area contributed by atoms with E-state index < -0.39 is 0 Å². The summed E-state index contributed by atoms with van der Waals surface area (Å²) in [5.41, 5.74) is 2.71. The molecule has 1 amide bonds. The second-order valence-corrected chi connectivity index (χ2v) is 7.73. The molecule has 2 rings (SSSR count). The molecule has 0 heterocycles. The van der Waals surface area contributed by atoms with Gasteiger partial charge in [-0.05, 0) is 60.5 Å². The number of halogens is 2. The Morgan fingerprint density at radius 1 is 1.31 bits per heavy atom. The summed E-state index contributed by atoms with van der Waals surface area (Å²) in [5, 5.41) is 6.17. The average Bonchev–Trinajstić information content (AvgIpc) is 2.57. The molecule has 7 heteroatoms. The van der Waals surface area contributed by atoms with Crippen molar-refractivity contribution in [1.29, 1.82) is 0 Å². The maximum absolute atomic E-state index is 12.1. The van der Waals surface area contributed by atoms with Gasteiger partial charge in [-0.15, -0.1) is 0 Å². The van der Waals surface area contributed by atoms with Crippen molar-refractivity contribution in [2.45, 2.75) is 26.7 Å². The van der Waals surface area contributed by atoms with Crippen LogP contribution in [-0.2, 0) is 4.79 Å². The summed E-state index contributed by atoms with van der Waals surface area (Å²) < 4.78 is 6.74. The standard InChI is InChI=1S/C19H20BrClN2O2S/c1-11(2)13-9-14(20)12(3)8-17(13)25-10-18(24)23-19(26)22-16-7-5-4-6-15(16)21/h4-9,11H,10H2,1-3H3,(H2,22,23,24,26). The van der Waals surface area contributed by atoms with Crippen LogP contribution in [0, 0.1) is 6.92 Å². The van der Waals surface area contributed by atoms with Crippen LogP contribution in [0.3, 0.4) is 0 Å². The molecule has 0 aliphatic heterocycles. The number of anilines is 1. The van der Waals surface area contributed by atoms with Gasteiger partial charge in [0, 0.05) is 4.47 Å². The van der Waals surface area contributed by atoms with Gasteiger partial charge in [0.1, 0.15) is 5.75 Å². The lowest BCUT2D eigenvalue weighted by Gasteiger charge is -2.16. The minimum Gasteiger partial charge on any atom is -0.483 e. The smallest absolute Gasteiger partial charge is 0.264 e. The highest BCUT2D eigenvalue weighted by Gasteiger charge is 2.13. The van der Waals surface area contributed by atoms with Crippen molar-refractivity contribution in [3.8, 4) is 5.75 Å². The Morgan fingerprint density at radius 2 is 2.00 bits per heavy atom. The third-order valence-corrected chi connectivity index (χ3v) is 5.03. The number of aryl methyl sites for hydroxylation is 1. The molecule has 0 spiro atoms. The first-order valence-electron chi connectivity index (χ1n) is 8.06. The third-order valence-electron chi connectivity index (χ3n) is 3.65.